The van der Waals surface area contributed by atoms with Crippen LogP contribution in [0.25, 0.3) is 22.2 Å². The van der Waals surface area contributed by atoms with Crippen molar-refractivity contribution < 1.29 is 18.7 Å². The highest BCUT2D eigenvalue weighted by Gasteiger charge is 2.26. The molecule has 0 unspecified atom stereocenters. The predicted molar refractivity (Wildman–Crippen MR) is 129 cm³/mol. The number of halogens is 2. The third kappa shape index (κ3) is 4.34. The fraction of sp³-hybridized carbons (Fsp3) is 0.120. The number of carbonyl (C=O) groups is 2. The van der Waals surface area contributed by atoms with Crippen LogP contribution in [0.15, 0.2) is 52.9 Å². The smallest absolute Gasteiger partial charge is 0.343 e. The normalized spacial score (nSPS) is 10.7. The molecule has 7 nitrogen and oxygen atoms in total. The third-order valence-electron chi connectivity index (χ3n) is 5.08. The minimum absolute atomic E-state index is 0.0178. The Morgan fingerprint density at radius 3 is 2.62 bits per heavy atom. The van der Waals surface area contributed by atoms with E-state index >= 15 is 0 Å². The molecule has 34 heavy (non-hydrogen) atoms. The van der Waals surface area contributed by atoms with Crippen molar-refractivity contribution in [1.29, 1.82) is 5.26 Å². The number of nitrogens with zero attached hydrogens (tertiary/aromatic N) is 2. The largest absolute Gasteiger partial charge is 0.462 e. The minimum Gasteiger partial charge on any atom is -0.462 e. The molecular weight excluding hydrogens is 477 g/mol. The van der Waals surface area contributed by atoms with Gasteiger partial charge in [0, 0.05) is 10.9 Å². The number of aromatic nitrogens is 1. The first kappa shape index (κ1) is 23.3. The lowest BCUT2D eigenvalue weighted by Crippen LogP contribution is -2.14. The van der Waals surface area contributed by atoms with Gasteiger partial charge >= 0.3 is 5.97 Å². The van der Waals surface area contributed by atoms with E-state index in [-0.39, 0.29) is 29.4 Å². The number of para-hydroxylation sites is 1. The van der Waals surface area contributed by atoms with Gasteiger partial charge in [-0.25, -0.2) is 9.78 Å². The Morgan fingerprint density at radius 1 is 1.15 bits per heavy atom. The molecule has 0 radical (unpaired) electrons. The first-order valence-electron chi connectivity index (χ1n) is 10.2. The highest BCUT2D eigenvalue weighted by atomic mass is 35.5. The molecule has 0 aliphatic carbocycles. The number of anilines is 1. The Balaban J connectivity index is 1.79. The summed E-state index contributed by atoms with van der Waals surface area (Å²) in [5, 5.41) is 13.6. The molecule has 0 bridgehead atoms. The van der Waals surface area contributed by atoms with Crippen LogP contribution in [-0.2, 0) is 4.74 Å². The van der Waals surface area contributed by atoms with Crippen LogP contribution in [0.3, 0.4) is 0 Å². The number of pyridine rings is 1. The van der Waals surface area contributed by atoms with Crippen LogP contribution < -0.4 is 5.32 Å². The van der Waals surface area contributed by atoms with E-state index in [1.807, 2.05) is 12.1 Å². The topological polar surface area (TPSA) is 105 Å². The van der Waals surface area contributed by atoms with E-state index < -0.39 is 11.9 Å². The quantitative estimate of drug-likeness (QED) is 0.322. The zero-order valence-electron chi connectivity index (χ0n) is 18.1. The second kappa shape index (κ2) is 9.56. The number of esters is 1. The first-order chi connectivity index (χ1) is 16.3. The number of ether oxygens (including phenoxy) is 1. The average Bonchev–Trinajstić information content (AvgIpc) is 3.14. The first-order valence-corrected chi connectivity index (χ1v) is 11.0. The number of furan rings is 1. The van der Waals surface area contributed by atoms with Gasteiger partial charge in [0.15, 0.2) is 0 Å². The lowest BCUT2D eigenvalue weighted by molar-refractivity contribution is 0.0524. The summed E-state index contributed by atoms with van der Waals surface area (Å²) in [6, 6.07) is 15.7. The van der Waals surface area contributed by atoms with E-state index in [1.165, 1.54) is 6.92 Å². The van der Waals surface area contributed by atoms with Gasteiger partial charge in [-0.2, -0.15) is 5.26 Å². The number of carbonyl (C=O) groups excluding carboxylic acids is 2. The predicted octanol–water partition coefficient (Wildman–Crippen LogP) is 6.41. The van der Waals surface area contributed by atoms with Gasteiger partial charge in [0.05, 0.1) is 33.4 Å². The molecule has 0 saturated heterocycles. The number of rotatable bonds is 5. The summed E-state index contributed by atoms with van der Waals surface area (Å²) < 4.78 is 10.6. The second-order valence-electron chi connectivity index (χ2n) is 7.22. The molecule has 0 aliphatic rings. The highest BCUT2D eigenvalue weighted by molar-refractivity contribution is 6.42. The lowest BCUT2D eigenvalue weighted by Gasteiger charge is -2.10. The van der Waals surface area contributed by atoms with Gasteiger partial charge in [-0.1, -0.05) is 47.5 Å². The van der Waals surface area contributed by atoms with Gasteiger partial charge in [-0.3, -0.25) is 10.1 Å². The number of hydrogen-bond donors (Lipinski definition) is 1. The maximum Gasteiger partial charge on any atom is 0.343 e. The van der Waals surface area contributed by atoms with E-state index in [0.29, 0.717) is 37.8 Å². The molecule has 0 atom stereocenters. The van der Waals surface area contributed by atoms with Crippen molar-refractivity contribution in [1.82, 2.24) is 4.98 Å². The molecule has 2 heterocycles. The van der Waals surface area contributed by atoms with Crippen molar-refractivity contribution in [3.8, 4) is 17.3 Å². The Hall–Kier alpha value is -3.86. The van der Waals surface area contributed by atoms with Gasteiger partial charge in [-0.05, 0) is 38.1 Å². The molecule has 1 N–H and O–H groups in total. The minimum atomic E-state index is -0.697. The Labute approximate surface area is 204 Å². The molecule has 4 rings (SSSR count). The Kier molecular flexibility index (Phi) is 6.55. The van der Waals surface area contributed by atoms with Crippen LogP contribution in [0.2, 0.25) is 10.0 Å². The number of amides is 1. The van der Waals surface area contributed by atoms with Crippen molar-refractivity contribution in [2.45, 2.75) is 13.8 Å². The van der Waals surface area contributed by atoms with Crippen LogP contribution >= 0.6 is 23.2 Å². The van der Waals surface area contributed by atoms with Gasteiger partial charge in [-0.15, -0.1) is 0 Å². The molecule has 0 spiro atoms. The Morgan fingerprint density at radius 2 is 1.91 bits per heavy atom. The highest BCUT2D eigenvalue weighted by Crippen LogP contribution is 2.32. The van der Waals surface area contributed by atoms with Crippen molar-refractivity contribution in [3.05, 3.63) is 81.0 Å². The van der Waals surface area contributed by atoms with Crippen LogP contribution in [0, 0.1) is 18.3 Å². The molecule has 9 heteroatoms. The molecule has 170 valence electrons. The standard InChI is InChI=1S/C25H17Cl2N3O4/c1-3-33-25(32)22-13(2)34-24(17(22)12-28)30-23(31)16-11-21(14-8-9-18(26)19(27)10-14)29-20-7-5-4-6-15(16)20/h4-11H,3H2,1-2H3,(H,30,31). The molecule has 4 aromatic rings. The van der Waals surface area contributed by atoms with E-state index in [9.17, 15) is 14.9 Å². The average molecular weight is 494 g/mol. The monoisotopic (exact) mass is 493 g/mol. The summed E-state index contributed by atoms with van der Waals surface area (Å²) in [7, 11) is 0. The third-order valence-corrected chi connectivity index (χ3v) is 5.82. The van der Waals surface area contributed by atoms with Crippen LogP contribution in [0.5, 0.6) is 0 Å². The maximum absolute atomic E-state index is 13.3. The zero-order valence-corrected chi connectivity index (χ0v) is 19.6. The number of nitrogens with one attached hydrogen (secondary N) is 1. The number of benzene rings is 2. The summed E-state index contributed by atoms with van der Waals surface area (Å²) in [6.07, 6.45) is 0. The summed E-state index contributed by atoms with van der Waals surface area (Å²) in [5.74, 6) is -1.20. The molecule has 0 fully saturated rings. The molecule has 0 saturated carbocycles. The summed E-state index contributed by atoms with van der Waals surface area (Å²) >= 11 is 12.2. The number of nitriles is 1. The fourth-order valence-electron chi connectivity index (χ4n) is 3.53. The number of fused-ring (bicyclic) bond motifs is 1. The van der Waals surface area contributed by atoms with Gasteiger partial charge in [0.1, 0.15) is 23.0 Å². The fourth-order valence-corrected chi connectivity index (χ4v) is 3.82. The molecule has 1 amide bonds. The van der Waals surface area contributed by atoms with Gasteiger partial charge in [0.2, 0.25) is 5.88 Å². The van der Waals surface area contributed by atoms with E-state index in [2.05, 4.69) is 10.3 Å². The molecule has 2 aromatic heterocycles. The van der Waals surface area contributed by atoms with Crippen molar-refractivity contribution in [2.75, 3.05) is 11.9 Å². The van der Waals surface area contributed by atoms with Crippen molar-refractivity contribution in [2.24, 2.45) is 0 Å². The van der Waals surface area contributed by atoms with Crippen LogP contribution in [-0.4, -0.2) is 23.5 Å². The summed E-state index contributed by atoms with van der Waals surface area (Å²) in [5.41, 5.74) is 1.93. The van der Waals surface area contributed by atoms with Crippen molar-refractivity contribution in [3.63, 3.8) is 0 Å². The van der Waals surface area contributed by atoms with E-state index in [1.54, 1.807) is 49.4 Å². The van der Waals surface area contributed by atoms with E-state index in [4.69, 9.17) is 32.4 Å². The van der Waals surface area contributed by atoms with Gasteiger partial charge < -0.3 is 9.15 Å². The summed E-state index contributed by atoms with van der Waals surface area (Å²) in [6.45, 7) is 3.31. The number of hydrogen-bond acceptors (Lipinski definition) is 6. The lowest BCUT2D eigenvalue weighted by atomic mass is 10.0. The zero-order chi connectivity index (χ0) is 24.4. The SMILES string of the molecule is CCOC(=O)c1c(C)oc(NC(=O)c2cc(-c3ccc(Cl)c(Cl)c3)nc3ccccc23)c1C#N. The summed E-state index contributed by atoms with van der Waals surface area (Å²) in [4.78, 5) is 30.3. The maximum atomic E-state index is 13.3. The molecular formula is C25H17Cl2N3O4. The van der Waals surface area contributed by atoms with Crippen LogP contribution in [0.4, 0.5) is 5.88 Å². The second-order valence-corrected chi connectivity index (χ2v) is 8.04. The Bertz CT molecular complexity index is 1490. The molecule has 0 aliphatic heterocycles. The molecule has 2 aromatic carbocycles. The van der Waals surface area contributed by atoms with E-state index in [0.717, 1.165) is 0 Å². The number of aryl methyl sites for hydroxylation is 1. The van der Waals surface area contributed by atoms with Gasteiger partial charge in [0.25, 0.3) is 5.91 Å². The van der Waals surface area contributed by atoms with Crippen molar-refractivity contribution >= 4 is 51.9 Å². The van der Waals surface area contributed by atoms with Crippen LogP contribution in [0.1, 0.15) is 39.0 Å².